The van der Waals surface area contributed by atoms with E-state index < -0.39 is 14.0 Å². The molecule has 0 unspecified atom stereocenters. The Bertz CT molecular complexity index is 919. The minimum absolute atomic E-state index is 0.0451. The monoisotopic (exact) mass is 536 g/mol. The Kier molecular flexibility index (Phi) is 8.49. The zero-order valence-corrected chi connectivity index (χ0v) is 20.3. The topological polar surface area (TPSA) is 93.4 Å². The summed E-state index contributed by atoms with van der Waals surface area (Å²) in [6.07, 6.45) is 1.32. The van der Waals surface area contributed by atoms with E-state index in [0.717, 1.165) is 6.04 Å². The van der Waals surface area contributed by atoms with E-state index in [1.54, 1.807) is 0 Å². The molecule has 0 N–H and O–H groups in total. The van der Waals surface area contributed by atoms with Gasteiger partial charge in [0.25, 0.3) is 0 Å². The van der Waals surface area contributed by atoms with Crippen molar-refractivity contribution in [2.75, 3.05) is 34.4 Å². The molecule has 0 aliphatic heterocycles. The second-order valence-electron chi connectivity index (χ2n) is 7.41. The zero-order chi connectivity index (χ0) is 21.6. The molecule has 160 valence electrons. The minimum atomic E-state index is -1.41. The van der Waals surface area contributed by atoms with E-state index in [1.165, 1.54) is 26.5 Å². The van der Waals surface area contributed by atoms with Crippen LogP contribution in [0.25, 0.3) is 11.0 Å². The van der Waals surface area contributed by atoms with Gasteiger partial charge in [-0.05, 0) is 28.6 Å². The maximum absolute atomic E-state index is 13.0. The van der Waals surface area contributed by atoms with Crippen LogP contribution in [-0.4, -0.2) is 48.5 Å². The zero-order valence-electron chi connectivity index (χ0n) is 17.1. The first-order valence-corrected chi connectivity index (χ1v) is 13.7. The molecule has 2 rings (SSSR count). The van der Waals surface area contributed by atoms with E-state index >= 15 is 0 Å². The number of esters is 1. The highest BCUT2D eigenvalue weighted by Crippen LogP contribution is 2.37. The van der Waals surface area contributed by atoms with Gasteiger partial charge in [-0.25, -0.2) is 4.79 Å². The van der Waals surface area contributed by atoms with Gasteiger partial charge in [0.15, 0.2) is 25.1 Å². The van der Waals surface area contributed by atoms with E-state index in [1.807, 2.05) is 22.6 Å². The first kappa shape index (κ1) is 23.6. The third kappa shape index (κ3) is 6.17. The van der Waals surface area contributed by atoms with Gasteiger partial charge in [0.05, 0.1) is 15.6 Å². The number of hydrogen-bond acceptors (Lipinski definition) is 8. The molecule has 0 fully saturated rings. The molecule has 0 saturated carbocycles. The van der Waals surface area contributed by atoms with Crippen LogP contribution < -0.4 is 14.9 Å². The van der Waals surface area contributed by atoms with Crippen LogP contribution >= 0.6 is 22.6 Å². The summed E-state index contributed by atoms with van der Waals surface area (Å²) in [7, 11) is 1.49. The third-order valence-electron chi connectivity index (χ3n) is 3.89. The van der Waals surface area contributed by atoms with Gasteiger partial charge in [-0.15, -0.1) is 0 Å². The van der Waals surface area contributed by atoms with E-state index in [-0.39, 0.29) is 53.7 Å². The lowest BCUT2D eigenvalue weighted by Gasteiger charge is -2.18. The largest absolute Gasteiger partial charge is 0.463 e. The lowest BCUT2D eigenvalue weighted by molar-refractivity contribution is 0.0298. The molecule has 0 saturated heterocycles. The number of carbonyl (C=O) groups excluding carboxylic acids is 1. The Morgan fingerprint density at radius 1 is 1.14 bits per heavy atom. The molecule has 1 aromatic carbocycles. The average molecular weight is 536 g/mol. The molecule has 29 heavy (non-hydrogen) atoms. The number of methoxy groups -OCH3 is 2. The molecule has 0 spiro atoms. The highest BCUT2D eigenvalue weighted by atomic mass is 127. The molecule has 0 radical (unpaired) electrons. The van der Waals surface area contributed by atoms with Crippen LogP contribution in [0.4, 0.5) is 0 Å². The van der Waals surface area contributed by atoms with Crippen molar-refractivity contribution in [2.45, 2.75) is 25.7 Å². The molecule has 10 heteroatoms. The van der Waals surface area contributed by atoms with E-state index in [9.17, 15) is 9.59 Å². The van der Waals surface area contributed by atoms with Gasteiger partial charge < -0.3 is 28.1 Å². The highest BCUT2D eigenvalue weighted by Gasteiger charge is 2.27. The molecular formula is C19H25IO8Si. The normalized spacial score (nSPS) is 11.5. The molecule has 0 aliphatic carbocycles. The number of benzene rings is 1. The summed E-state index contributed by atoms with van der Waals surface area (Å²) in [6.45, 7) is 6.55. The fourth-order valence-corrected chi connectivity index (χ4v) is 3.54. The van der Waals surface area contributed by atoms with Crippen LogP contribution in [0.1, 0.15) is 10.4 Å². The van der Waals surface area contributed by atoms with Crippen LogP contribution in [-0.2, 0) is 14.2 Å². The van der Waals surface area contributed by atoms with Crippen molar-refractivity contribution in [2.24, 2.45) is 0 Å². The summed E-state index contributed by atoms with van der Waals surface area (Å²) in [5.74, 6) is -0.460. The molecule has 0 atom stereocenters. The summed E-state index contributed by atoms with van der Waals surface area (Å²) in [4.78, 5) is 25.8. The van der Waals surface area contributed by atoms with Crippen molar-refractivity contribution in [3.05, 3.63) is 31.7 Å². The number of rotatable bonds is 10. The van der Waals surface area contributed by atoms with Crippen molar-refractivity contribution >= 4 is 47.6 Å². The highest BCUT2D eigenvalue weighted by molar-refractivity contribution is 14.1. The van der Waals surface area contributed by atoms with E-state index in [2.05, 4.69) is 19.6 Å². The van der Waals surface area contributed by atoms with Crippen molar-refractivity contribution in [1.82, 2.24) is 0 Å². The lowest BCUT2D eigenvalue weighted by Crippen LogP contribution is -2.23. The summed E-state index contributed by atoms with van der Waals surface area (Å²) >= 11 is 1.85. The van der Waals surface area contributed by atoms with Crippen LogP contribution in [0.15, 0.2) is 21.5 Å². The van der Waals surface area contributed by atoms with Gasteiger partial charge in [-0.3, -0.25) is 4.79 Å². The summed E-state index contributed by atoms with van der Waals surface area (Å²) in [6, 6.07) is 2.27. The maximum atomic E-state index is 13.0. The van der Waals surface area contributed by atoms with Crippen LogP contribution in [0.3, 0.4) is 0 Å². The molecule has 0 aliphatic rings. The molecule has 8 nitrogen and oxygen atoms in total. The van der Waals surface area contributed by atoms with Gasteiger partial charge in [0.1, 0.15) is 17.4 Å². The number of hydrogen-bond donors (Lipinski definition) is 0. The van der Waals surface area contributed by atoms with Gasteiger partial charge in [-0.2, -0.15) is 0 Å². The SMILES string of the molecule is COCOc1cc2occ(I)c(=O)c2c(C(=O)OCC[Si](C)(C)C)c1OCOC. The van der Waals surface area contributed by atoms with Crippen molar-refractivity contribution in [3.63, 3.8) is 0 Å². The van der Waals surface area contributed by atoms with Crippen molar-refractivity contribution in [3.8, 4) is 11.5 Å². The van der Waals surface area contributed by atoms with Crippen LogP contribution in [0.2, 0.25) is 25.7 Å². The standard InChI is InChI=1S/C19H25IO8Si/c1-23-10-27-14-8-13-15(17(21)12(20)9-26-13)16(18(14)28-11-24-2)19(22)25-6-7-29(3,4)5/h8-9H,6-7,10-11H2,1-5H3. The third-order valence-corrected chi connectivity index (χ3v) is 6.33. The first-order valence-electron chi connectivity index (χ1n) is 8.88. The Hall–Kier alpha value is -1.63. The van der Waals surface area contributed by atoms with E-state index in [0.29, 0.717) is 3.57 Å². The van der Waals surface area contributed by atoms with Crippen molar-refractivity contribution < 1.29 is 32.9 Å². The molecule has 2 aromatic rings. The number of fused-ring (bicyclic) bond motifs is 1. The fourth-order valence-electron chi connectivity index (χ4n) is 2.43. The molecular weight excluding hydrogens is 511 g/mol. The van der Waals surface area contributed by atoms with Crippen molar-refractivity contribution in [1.29, 1.82) is 0 Å². The van der Waals surface area contributed by atoms with Crippen LogP contribution in [0, 0.1) is 3.57 Å². The average Bonchev–Trinajstić information content (AvgIpc) is 2.66. The lowest BCUT2D eigenvalue weighted by atomic mass is 10.1. The second kappa shape index (κ2) is 10.4. The summed E-state index contributed by atoms with van der Waals surface area (Å²) < 4.78 is 32.4. The van der Waals surface area contributed by atoms with E-state index in [4.69, 9.17) is 28.1 Å². The molecule has 0 amide bonds. The summed E-state index contributed by atoms with van der Waals surface area (Å²) in [5.41, 5.74) is -0.221. The maximum Gasteiger partial charge on any atom is 0.342 e. The first-order chi connectivity index (χ1) is 13.7. The summed E-state index contributed by atoms with van der Waals surface area (Å²) in [5, 5.41) is 0.0748. The van der Waals surface area contributed by atoms with Crippen LogP contribution in [0.5, 0.6) is 11.5 Å². The second-order valence-corrected chi connectivity index (χ2v) is 14.2. The number of halogens is 1. The number of carbonyl (C=O) groups is 1. The smallest absolute Gasteiger partial charge is 0.342 e. The quantitative estimate of drug-likeness (QED) is 0.196. The van der Waals surface area contributed by atoms with Gasteiger partial charge in [-0.1, -0.05) is 19.6 Å². The molecule has 1 aromatic heterocycles. The Balaban J connectivity index is 2.63. The van der Waals surface area contributed by atoms with Gasteiger partial charge in [0, 0.05) is 28.4 Å². The Labute approximate surface area is 183 Å². The predicted molar refractivity (Wildman–Crippen MR) is 119 cm³/mol. The Morgan fingerprint density at radius 2 is 1.79 bits per heavy atom. The number of ether oxygens (including phenoxy) is 5. The molecule has 0 bridgehead atoms. The van der Waals surface area contributed by atoms with Gasteiger partial charge in [0.2, 0.25) is 5.43 Å². The Morgan fingerprint density at radius 3 is 2.41 bits per heavy atom. The fraction of sp³-hybridized carbons (Fsp3) is 0.474. The minimum Gasteiger partial charge on any atom is -0.463 e. The molecule has 1 heterocycles. The predicted octanol–water partition coefficient (Wildman–Crippen LogP) is 3.86. The van der Waals surface area contributed by atoms with Gasteiger partial charge >= 0.3 is 5.97 Å².